The van der Waals surface area contributed by atoms with Crippen molar-refractivity contribution in [1.29, 1.82) is 0 Å². The average Bonchev–Trinajstić information content (AvgIpc) is 2.90. The summed E-state index contributed by atoms with van der Waals surface area (Å²) in [6.45, 7) is 5.26. The highest BCUT2D eigenvalue weighted by Gasteiger charge is 2.23. The quantitative estimate of drug-likeness (QED) is 0.576. The van der Waals surface area contributed by atoms with Gasteiger partial charge >= 0.3 is 6.01 Å². The lowest BCUT2D eigenvalue weighted by atomic mass is 10.2. The van der Waals surface area contributed by atoms with Crippen molar-refractivity contribution in [3.8, 4) is 6.01 Å². The van der Waals surface area contributed by atoms with E-state index in [0.717, 1.165) is 13.0 Å². The van der Waals surface area contributed by atoms with Crippen LogP contribution in [0.4, 0.5) is 11.9 Å². The summed E-state index contributed by atoms with van der Waals surface area (Å²) in [5, 5.41) is 0. The van der Waals surface area contributed by atoms with Crippen LogP contribution in [0.2, 0.25) is 0 Å². The monoisotopic (exact) mass is 268 g/mol. The lowest BCUT2D eigenvalue weighted by molar-refractivity contribution is 0.193. The van der Waals surface area contributed by atoms with E-state index in [9.17, 15) is 0 Å². The van der Waals surface area contributed by atoms with Crippen LogP contribution in [-0.4, -0.2) is 47.4 Å². The van der Waals surface area contributed by atoms with Crippen LogP contribution >= 0.6 is 0 Å². The van der Waals surface area contributed by atoms with Crippen LogP contribution in [0.1, 0.15) is 20.3 Å². The molecule has 8 nitrogen and oxygen atoms in total. The van der Waals surface area contributed by atoms with Crippen LogP contribution in [-0.2, 0) is 4.74 Å². The number of likely N-dealkylation sites (N-methyl/N-ethyl adjacent to an activating group) is 1. The predicted molar refractivity (Wildman–Crippen MR) is 71.0 cm³/mol. The number of hydrogen-bond donors (Lipinski definition) is 2. The summed E-state index contributed by atoms with van der Waals surface area (Å²) in [6.07, 6.45) is 0.939. The summed E-state index contributed by atoms with van der Waals surface area (Å²) in [4.78, 5) is 14.6. The molecule has 1 aliphatic heterocycles. The number of nitrogens with one attached hydrogen (secondary N) is 1. The number of nitrogens with zero attached hydrogens (tertiary/aromatic N) is 4. The minimum Gasteiger partial charge on any atom is -0.461 e. The van der Waals surface area contributed by atoms with Crippen LogP contribution in [0, 0.1) is 0 Å². The van der Waals surface area contributed by atoms with Gasteiger partial charge in [0, 0.05) is 13.7 Å². The van der Waals surface area contributed by atoms with Gasteiger partial charge in [-0.2, -0.15) is 15.0 Å². The van der Waals surface area contributed by atoms with Crippen LogP contribution in [0.5, 0.6) is 6.01 Å². The molecule has 0 aromatic carbocycles. The van der Waals surface area contributed by atoms with Crippen molar-refractivity contribution in [3.63, 3.8) is 0 Å². The van der Waals surface area contributed by atoms with E-state index < -0.39 is 0 Å². The Morgan fingerprint density at radius 3 is 2.79 bits per heavy atom. The van der Waals surface area contributed by atoms with E-state index in [1.165, 1.54) is 0 Å². The Labute approximate surface area is 112 Å². The molecular formula is C11H20N6O2. The first-order valence-corrected chi connectivity index (χ1v) is 6.30. The third-order valence-corrected chi connectivity index (χ3v) is 2.84. The zero-order valence-electron chi connectivity index (χ0n) is 11.5. The molecule has 106 valence electrons. The van der Waals surface area contributed by atoms with Gasteiger partial charge in [0.15, 0.2) is 0 Å². The van der Waals surface area contributed by atoms with Crippen molar-refractivity contribution in [2.24, 2.45) is 5.84 Å². The molecule has 1 atom stereocenters. The van der Waals surface area contributed by atoms with Gasteiger partial charge in [-0.25, -0.2) is 5.84 Å². The summed E-state index contributed by atoms with van der Waals surface area (Å²) < 4.78 is 10.9. The molecule has 3 N–H and O–H groups in total. The number of rotatable bonds is 5. The van der Waals surface area contributed by atoms with Gasteiger partial charge in [-0.3, -0.25) is 5.43 Å². The summed E-state index contributed by atoms with van der Waals surface area (Å²) in [6, 6.07) is 0.527. The van der Waals surface area contributed by atoms with E-state index in [-0.39, 0.29) is 24.1 Å². The first-order chi connectivity index (χ1) is 9.10. The molecule has 1 aromatic rings. The van der Waals surface area contributed by atoms with Crippen molar-refractivity contribution >= 4 is 11.9 Å². The first kappa shape index (κ1) is 13.8. The topological polar surface area (TPSA) is 98.4 Å². The maximum Gasteiger partial charge on any atom is 0.323 e. The molecule has 0 amide bonds. The van der Waals surface area contributed by atoms with Crippen molar-refractivity contribution in [1.82, 2.24) is 15.0 Å². The van der Waals surface area contributed by atoms with E-state index in [1.807, 2.05) is 25.8 Å². The molecule has 2 rings (SSSR count). The summed E-state index contributed by atoms with van der Waals surface area (Å²) >= 11 is 0. The van der Waals surface area contributed by atoms with Crippen LogP contribution in [0.3, 0.4) is 0 Å². The maximum atomic E-state index is 5.49. The number of nitrogen functional groups attached to an aromatic ring is 1. The molecule has 0 radical (unpaired) electrons. The van der Waals surface area contributed by atoms with Gasteiger partial charge in [-0.05, 0) is 20.3 Å². The van der Waals surface area contributed by atoms with Crippen molar-refractivity contribution in [2.45, 2.75) is 32.4 Å². The Balaban J connectivity index is 2.22. The fourth-order valence-electron chi connectivity index (χ4n) is 1.82. The second-order valence-electron chi connectivity index (χ2n) is 4.68. The lowest BCUT2D eigenvalue weighted by Crippen LogP contribution is -2.33. The molecule has 1 fully saturated rings. The van der Waals surface area contributed by atoms with Gasteiger partial charge in [0.1, 0.15) is 0 Å². The zero-order chi connectivity index (χ0) is 13.8. The molecule has 1 unspecified atom stereocenters. The van der Waals surface area contributed by atoms with E-state index in [0.29, 0.717) is 12.6 Å². The SMILES string of the molecule is CC(C)Oc1nc(NN)nc(N(C)C2CCOC2)n1. The fourth-order valence-corrected chi connectivity index (χ4v) is 1.82. The Bertz CT molecular complexity index is 422. The molecule has 0 bridgehead atoms. The van der Waals surface area contributed by atoms with Crippen LogP contribution in [0.15, 0.2) is 0 Å². The Kier molecular flexibility index (Phi) is 4.33. The highest BCUT2D eigenvalue weighted by atomic mass is 16.5. The van der Waals surface area contributed by atoms with E-state index in [2.05, 4.69) is 20.4 Å². The van der Waals surface area contributed by atoms with Gasteiger partial charge < -0.3 is 14.4 Å². The highest BCUT2D eigenvalue weighted by Crippen LogP contribution is 2.19. The standard InChI is InChI=1S/C11H20N6O2/c1-7(2)19-11-14-9(16-12)13-10(15-11)17(3)8-4-5-18-6-8/h7-8H,4-6,12H2,1-3H3,(H,13,14,15,16). The number of hydrogen-bond acceptors (Lipinski definition) is 8. The Morgan fingerprint density at radius 1 is 1.42 bits per heavy atom. The predicted octanol–water partition coefficient (Wildman–Crippen LogP) is 0.169. The Hall–Kier alpha value is -1.67. The van der Waals surface area contributed by atoms with Gasteiger partial charge in [-0.15, -0.1) is 0 Å². The van der Waals surface area contributed by atoms with Crippen LogP contribution in [0.25, 0.3) is 0 Å². The smallest absolute Gasteiger partial charge is 0.323 e. The number of ether oxygens (including phenoxy) is 2. The molecule has 19 heavy (non-hydrogen) atoms. The van der Waals surface area contributed by atoms with Gasteiger partial charge in [0.05, 0.1) is 18.8 Å². The van der Waals surface area contributed by atoms with Crippen LogP contribution < -0.4 is 20.9 Å². The van der Waals surface area contributed by atoms with Crippen molar-refractivity contribution < 1.29 is 9.47 Å². The molecule has 1 saturated heterocycles. The molecule has 0 saturated carbocycles. The fraction of sp³-hybridized carbons (Fsp3) is 0.727. The minimum atomic E-state index is -0.0130. The van der Waals surface area contributed by atoms with E-state index in [4.69, 9.17) is 15.3 Å². The second kappa shape index (κ2) is 5.98. The van der Waals surface area contributed by atoms with Crippen molar-refractivity contribution in [2.75, 3.05) is 30.6 Å². The molecular weight excluding hydrogens is 248 g/mol. The first-order valence-electron chi connectivity index (χ1n) is 6.30. The molecule has 8 heteroatoms. The third kappa shape index (κ3) is 3.42. The summed E-state index contributed by atoms with van der Waals surface area (Å²) in [5.41, 5.74) is 2.43. The number of anilines is 2. The van der Waals surface area contributed by atoms with Gasteiger partial charge in [-0.1, -0.05) is 0 Å². The number of nitrogens with two attached hydrogens (primary N) is 1. The summed E-state index contributed by atoms with van der Waals surface area (Å²) in [5.74, 6) is 6.18. The zero-order valence-corrected chi connectivity index (χ0v) is 11.5. The molecule has 0 spiro atoms. The van der Waals surface area contributed by atoms with E-state index >= 15 is 0 Å². The summed E-state index contributed by atoms with van der Waals surface area (Å²) in [7, 11) is 1.92. The normalized spacial score (nSPS) is 18.7. The largest absolute Gasteiger partial charge is 0.461 e. The Morgan fingerprint density at radius 2 is 2.21 bits per heavy atom. The van der Waals surface area contributed by atoms with E-state index in [1.54, 1.807) is 0 Å². The minimum absolute atomic E-state index is 0.0130. The van der Waals surface area contributed by atoms with Crippen molar-refractivity contribution in [3.05, 3.63) is 0 Å². The van der Waals surface area contributed by atoms with Gasteiger partial charge in [0.25, 0.3) is 0 Å². The number of hydrazine groups is 1. The molecule has 1 aromatic heterocycles. The second-order valence-corrected chi connectivity index (χ2v) is 4.68. The molecule has 1 aliphatic rings. The highest BCUT2D eigenvalue weighted by molar-refractivity contribution is 5.38. The third-order valence-electron chi connectivity index (χ3n) is 2.84. The van der Waals surface area contributed by atoms with Gasteiger partial charge in [0.2, 0.25) is 11.9 Å². The number of aromatic nitrogens is 3. The maximum absolute atomic E-state index is 5.49. The lowest BCUT2D eigenvalue weighted by Gasteiger charge is -2.23. The molecule has 2 heterocycles. The molecule has 0 aliphatic carbocycles. The average molecular weight is 268 g/mol.